The van der Waals surface area contributed by atoms with Gasteiger partial charge in [0.15, 0.2) is 28.6 Å². The maximum Gasteiger partial charge on any atom is 0.192 e. The topological polar surface area (TPSA) is 73.0 Å². The molecular formula is C16H16N4O2S. The van der Waals surface area contributed by atoms with Crippen LogP contribution in [0.3, 0.4) is 0 Å². The molecular weight excluding hydrogens is 312 g/mol. The molecule has 0 fully saturated rings. The number of fused-ring (bicyclic) bond motifs is 1. The zero-order valence-corrected chi connectivity index (χ0v) is 13.5. The van der Waals surface area contributed by atoms with Crippen LogP contribution < -0.4 is 9.47 Å². The van der Waals surface area contributed by atoms with Crippen LogP contribution in [0.1, 0.15) is 18.9 Å². The summed E-state index contributed by atoms with van der Waals surface area (Å²) in [5.41, 5.74) is 0. The number of hydrogen-bond acceptors (Lipinski definition) is 6. The van der Waals surface area contributed by atoms with Crippen LogP contribution in [0.25, 0.3) is 0 Å². The lowest BCUT2D eigenvalue weighted by atomic mass is 10.2. The lowest BCUT2D eigenvalue weighted by molar-refractivity contribution is 0.0821. The van der Waals surface area contributed by atoms with Gasteiger partial charge in [-0.3, -0.25) is 4.57 Å². The largest absolute Gasteiger partial charge is 0.485 e. The quantitative estimate of drug-likeness (QED) is 0.620. The Balaban J connectivity index is 1.88. The number of nitriles is 1. The van der Waals surface area contributed by atoms with Crippen molar-refractivity contribution in [2.75, 3.05) is 6.61 Å². The van der Waals surface area contributed by atoms with E-state index in [0.29, 0.717) is 29.9 Å². The maximum absolute atomic E-state index is 8.99. The molecule has 0 spiro atoms. The van der Waals surface area contributed by atoms with Gasteiger partial charge < -0.3 is 9.47 Å². The van der Waals surface area contributed by atoms with Crippen molar-refractivity contribution in [2.45, 2.75) is 30.0 Å². The molecule has 1 aromatic carbocycles. The molecule has 23 heavy (non-hydrogen) atoms. The van der Waals surface area contributed by atoms with Crippen molar-refractivity contribution in [2.24, 2.45) is 0 Å². The van der Waals surface area contributed by atoms with Gasteiger partial charge >= 0.3 is 0 Å². The first-order chi connectivity index (χ1) is 11.2. The molecule has 0 saturated heterocycles. The Morgan fingerprint density at radius 3 is 3.00 bits per heavy atom. The van der Waals surface area contributed by atoms with Crippen molar-refractivity contribution < 1.29 is 9.47 Å². The van der Waals surface area contributed by atoms with Crippen LogP contribution in [0.2, 0.25) is 0 Å². The monoisotopic (exact) mass is 328 g/mol. The van der Waals surface area contributed by atoms with Crippen LogP contribution in [-0.4, -0.2) is 26.6 Å². The summed E-state index contributed by atoms with van der Waals surface area (Å²) in [6.45, 7) is 6.51. The van der Waals surface area contributed by atoms with Gasteiger partial charge in [-0.2, -0.15) is 5.26 Å². The Labute approximate surface area is 138 Å². The molecule has 1 aliphatic heterocycles. The van der Waals surface area contributed by atoms with E-state index in [1.165, 1.54) is 11.8 Å². The smallest absolute Gasteiger partial charge is 0.192 e. The molecule has 2 atom stereocenters. The predicted molar refractivity (Wildman–Crippen MR) is 86.5 cm³/mol. The molecule has 3 rings (SSSR count). The van der Waals surface area contributed by atoms with Crippen LogP contribution in [0.15, 0.2) is 42.1 Å². The minimum Gasteiger partial charge on any atom is -0.485 e. The van der Waals surface area contributed by atoms with Crippen LogP contribution >= 0.6 is 11.8 Å². The van der Waals surface area contributed by atoms with Crippen molar-refractivity contribution in [3.63, 3.8) is 0 Å². The summed E-state index contributed by atoms with van der Waals surface area (Å²) < 4.78 is 13.6. The van der Waals surface area contributed by atoms with Crippen LogP contribution in [0, 0.1) is 11.3 Å². The molecule has 0 radical (unpaired) electrons. The molecule has 2 aromatic rings. The lowest BCUT2D eigenvalue weighted by Crippen LogP contribution is -2.25. The first-order valence-electron chi connectivity index (χ1n) is 7.21. The van der Waals surface area contributed by atoms with E-state index in [2.05, 4.69) is 22.8 Å². The fourth-order valence-electron chi connectivity index (χ4n) is 2.26. The number of aromatic nitrogens is 3. The molecule has 0 bridgehead atoms. The standard InChI is InChI=1S/C16H16N4O2S/c1-3-8-20-15(18-19-16(20)23-11(2)9-17)14-10-21-12-6-4-5-7-13(12)22-14/h3-7,11,14H,1,8,10H2,2H3/t11-,14+/m0/s1. The number of thioether (sulfide) groups is 1. The molecule has 1 aromatic heterocycles. The van der Waals surface area contributed by atoms with Crippen molar-refractivity contribution >= 4 is 11.8 Å². The van der Waals surface area contributed by atoms with Gasteiger partial charge in [0, 0.05) is 6.54 Å². The van der Waals surface area contributed by atoms with E-state index in [1.54, 1.807) is 6.08 Å². The van der Waals surface area contributed by atoms with E-state index in [9.17, 15) is 0 Å². The normalized spacial score (nSPS) is 17.3. The minimum atomic E-state index is -0.343. The van der Waals surface area contributed by atoms with Crippen LogP contribution in [-0.2, 0) is 6.54 Å². The fourth-order valence-corrected chi connectivity index (χ4v) is 3.01. The highest BCUT2D eigenvalue weighted by atomic mass is 32.2. The summed E-state index contributed by atoms with van der Waals surface area (Å²) >= 11 is 1.36. The number of allylic oxidation sites excluding steroid dienone is 1. The van der Waals surface area contributed by atoms with Crippen molar-refractivity contribution in [3.8, 4) is 17.6 Å². The highest BCUT2D eigenvalue weighted by Gasteiger charge is 2.28. The Morgan fingerprint density at radius 2 is 2.26 bits per heavy atom. The van der Waals surface area contributed by atoms with E-state index in [1.807, 2.05) is 35.8 Å². The molecule has 1 aliphatic rings. The average molecular weight is 328 g/mol. The van der Waals surface area contributed by atoms with Gasteiger partial charge in [-0.25, -0.2) is 0 Å². The zero-order valence-electron chi connectivity index (χ0n) is 12.7. The number of ether oxygens (including phenoxy) is 2. The third-order valence-electron chi connectivity index (χ3n) is 3.32. The van der Waals surface area contributed by atoms with Crippen LogP contribution in [0.4, 0.5) is 0 Å². The summed E-state index contributed by atoms with van der Waals surface area (Å²) in [6.07, 6.45) is 1.43. The fraction of sp³-hybridized carbons (Fsp3) is 0.312. The Morgan fingerprint density at radius 1 is 1.48 bits per heavy atom. The molecule has 0 amide bonds. The second-order valence-electron chi connectivity index (χ2n) is 4.99. The predicted octanol–water partition coefficient (Wildman–Crippen LogP) is 2.98. The second-order valence-corrected chi connectivity index (χ2v) is 6.30. The Hall–Kier alpha value is -2.46. The Kier molecular flexibility index (Phi) is 4.53. The highest BCUT2D eigenvalue weighted by molar-refractivity contribution is 8.00. The lowest BCUT2D eigenvalue weighted by Gasteiger charge is -2.26. The zero-order chi connectivity index (χ0) is 16.2. The van der Waals surface area contributed by atoms with Crippen molar-refractivity contribution in [3.05, 3.63) is 42.7 Å². The van der Waals surface area contributed by atoms with Gasteiger partial charge in [0.25, 0.3) is 0 Å². The summed E-state index contributed by atoms with van der Waals surface area (Å²) in [5.74, 6) is 2.09. The second kappa shape index (κ2) is 6.75. The summed E-state index contributed by atoms with van der Waals surface area (Å²) in [6, 6.07) is 9.72. The molecule has 0 N–H and O–H groups in total. The van der Waals surface area contributed by atoms with Gasteiger partial charge in [-0.05, 0) is 19.1 Å². The van der Waals surface area contributed by atoms with E-state index < -0.39 is 0 Å². The first-order valence-corrected chi connectivity index (χ1v) is 8.09. The number of nitrogens with zero attached hydrogens (tertiary/aromatic N) is 4. The highest BCUT2D eigenvalue weighted by Crippen LogP contribution is 2.36. The molecule has 2 heterocycles. The van der Waals surface area contributed by atoms with Gasteiger partial charge in [-0.15, -0.1) is 16.8 Å². The first kappa shape index (κ1) is 15.4. The van der Waals surface area contributed by atoms with Gasteiger partial charge in [-0.1, -0.05) is 30.0 Å². The molecule has 0 unspecified atom stereocenters. The SMILES string of the molecule is C=CCn1c(S[C@@H](C)C#N)nnc1[C@H]1COc2ccccc2O1. The molecule has 0 aliphatic carbocycles. The number of hydrogen-bond donors (Lipinski definition) is 0. The molecule has 6 nitrogen and oxygen atoms in total. The van der Waals surface area contributed by atoms with Gasteiger partial charge in [0.05, 0.1) is 11.3 Å². The molecule has 118 valence electrons. The third kappa shape index (κ3) is 3.17. The maximum atomic E-state index is 8.99. The van der Waals surface area contributed by atoms with E-state index >= 15 is 0 Å². The van der Waals surface area contributed by atoms with Gasteiger partial charge in [0.2, 0.25) is 0 Å². The van der Waals surface area contributed by atoms with Crippen LogP contribution in [0.5, 0.6) is 11.5 Å². The molecule has 7 heteroatoms. The van der Waals surface area contributed by atoms with Gasteiger partial charge in [0.1, 0.15) is 6.61 Å². The number of para-hydroxylation sites is 2. The molecule has 0 saturated carbocycles. The van der Waals surface area contributed by atoms with E-state index in [-0.39, 0.29) is 11.4 Å². The minimum absolute atomic E-state index is 0.208. The summed E-state index contributed by atoms with van der Waals surface area (Å²) in [7, 11) is 0. The van der Waals surface area contributed by atoms with E-state index in [4.69, 9.17) is 14.7 Å². The number of rotatable bonds is 5. The summed E-state index contributed by atoms with van der Waals surface area (Å²) in [4.78, 5) is 0. The Bertz CT molecular complexity index is 753. The van der Waals surface area contributed by atoms with Crippen molar-refractivity contribution in [1.82, 2.24) is 14.8 Å². The van der Waals surface area contributed by atoms with Crippen molar-refractivity contribution in [1.29, 1.82) is 5.26 Å². The summed E-state index contributed by atoms with van der Waals surface area (Å²) in [5, 5.41) is 17.9. The number of benzene rings is 1. The van der Waals surface area contributed by atoms with E-state index in [0.717, 1.165) is 5.75 Å². The average Bonchev–Trinajstić information content (AvgIpc) is 2.97. The third-order valence-corrected chi connectivity index (χ3v) is 4.29.